The number of fused-ring (bicyclic) bond motifs is 1. The summed E-state index contributed by atoms with van der Waals surface area (Å²) < 4.78 is 0. The second-order valence-electron chi connectivity index (χ2n) is 3.96. The minimum Gasteiger partial charge on any atom is -0.369 e. The summed E-state index contributed by atoms with van der Waals surface area (Å²) in [5.41, 5.74) is 5.67. The van der Waals surface area contributed by atoms with Crippen molar-refractivity contribution >= 4 is 33.3 Å². The molecule has 0 spiro atoms. The molecule has 2 rings (SSSR count). The van der Waals surface area contributed by atoms with E-state index >= 15 is 0 Å². The monoisotopic (exact) mass is 236 g/mol. The molecule has 1 atom stereocenters. The van der Waals surface area contributed by atoms with Crippen LogP contribution in [-0.2, 0) is 0 Å². The lowest BCUT2D eigenvalue weighted by molar-refractivity contribution is 0.593. The molecular weight excluding hydrogens is 220 g/mol. The zero-order valence-corrected chi connectivity index (χ0v) is 10.3. The first-order chi connectivity index (χ1) is 7.70. The fourth-order valence-electron chi connectivity index (χ4n) is 1.42. The molecule has 0 fully saturated rings. The highest BCUT2D eigenvalue weighted by molar-refractivity contribution is 7.16. The first kappa shape index (κ1) is 11.1. The highest BCUT2D eigenvalue weighted by Gasteiger charge is 2.07. The zero-order valence-electron chi connectivity index (χ0n) is 9.53. The lowest BCUT2D eigenvalue weighted by Gasteiger charge is -2.11. The van der Waals surface area contributed by atoms with Crippen molar-refractivity contribution in [3.05, 3.63) is 11.4 Å². The van der Waals surface area contributed by atoms with Crippen molar-refractivity contribution in [3.8, 4) is 0 Å². The average Bonchev–Trinajstić information content (AvgIpc) is 2.73. The maximum Gasteiger partial charge on any atom is 0.223 e. The van der Waals surface area contributed by atoms with Crippen LogP contribution in [0.3, 0.4) is 0 Å². The summed E-state index contributed by atoms with van der Waals surface area (Å²) in [5, 5.41) is 6.41. The van der Waals surface area contributed by atoms with Crippen LogP contribution < -0.4 is 11.1 Å². The fraction of sp³-hybridized carbons (Fsp3) is 0.455. The van der Waals surface area contributed by atoms with Gasteiger partial charge in [-0.2, -0.15) is 4.98 Å². The third-order valence-electron chi connectivity index (χ3n) is 2.66. The van der Waals surface area contributed by atoms with Crippen molar-refractivity contribution in [1.82, 2.24) is 9.97 Å². The van der Waals surface area contributed by atoms with Crippen molar-refractivity contribution < 1.29 is 0 Å². The standard InChI is InChI=1S/C11H16N4S/c1-3-7(2)6-13-9-8-4-5-16-10(8)15-11(12)14-9/h4-5,7H,3,6H2,1-2H3,(H3,12,13,14,15). The van der Waals surface area contributed by atoms with E-state index < -0.39 is 0 Å². The van der Waals surface area contributed by atoms with Crippen LogP contribution in [0.15, 0.2) is 11.4 Å². The van der Waals surface area contributed by atoms with Crippen LogP contribution in [-0.4, -0.2) is 16.5 Å². The number of rotatable bonds is 4. The summed E-state index contributed by atoms with van der Waals surface area (Å²) in [4.78, 5) is 9.37. The number of nitrogen functional groups attached to an aromatic ring is 1. The molecule has 3 N–H and O–H groups in total. The van der Waals surface area contributed by atoms with Crippen molar-refractivity contribution in [3.63, 3.8) is 0 Å². The van der Waals surface area contributed by atoms with Crippen molar-refractivity contribution in [2.24, 2.45) is 5.92 Å². The number of nitrogens with one attached hydrogen (secondary N) is 1. The van der Waals surface area contributed by atoms with Gasteiger partial charge in [0.2, 0.25) is 5.95 Å². The van der Waals surface area contributed by atoms with Crippen molar-refractivity contribution in [2.75, 3.05) is 17.6 Å². The van der Waals surface area contributed by atoms with E-state index in [1.54, 1.807) is 11.3 Å². The molecule has 1 unspecified atom stereocenters. The SMILES string of the molecule is CCC(C)CNc1nc(N)nc2sccc12. The Morgan fingerprint density at radius 1 is 1.50 bits per heavy atom. The molecule has 0 saturated heterocycles. The summed E-state index contributed by atoms with van der Waals surface area (Å²) in [6, 6.07) is 2.03. The molecule has 0 radical (unpaired) electrons. The molecule has 0 aliphatic carbocycles. The van der Waals surface area contributed by atoms with Crippen LogP contribution in [0.5, 0.6) is 0 Å². The van der Waals surface area contributed by atoms with Crippen molar-refractivity contribution in [1.29, 1.82) is 0 Å². The molecular formula is C11H16N4S. The van der Waals surface area contributed by atoms with E-state index in [9.17, 15) is 0 Å². The Bertz CT molecular complexity index is 480. The predicted octanol–water partition coefficient (Wildman–Crippen LogP) is 2.73. The summed E-state index contributed by atoms with van der Waals surface area (Å²) in [7, 11) is 0. The second-order valence-corrected chi connectivity index (χ2v) is 4.86. The van der Waals surface area contributed by atoms with Crippen molar-refractivity contribution in [2.45, 2.75) is 20.3 Å². The van der Waals surface area contributed by atoms with Gasteiger partial charge in [0.05, 0.1) is 5.39 Å². The largest absolute Gasteiger partial charge is 0.369 e. The average molecular weight is 236 g/mol. The van der Waals surface area contributed by atoms with Crippen LogP contribution in [0.25, 0.3) is 10.2 Å². The molecule has 0 aliphatic rings. The van der Waals surface area contributed by atoms with E-state index in [0.717, 1.165) is 29.0 Å². The van der Waals surface area contributed by atoms with Crippen LogP contribution in [0.1, 0.15) is 20.3 Å². The third-order valence-corrected chi connectivity index (χ3v) is 3.46. The molecule has 0 aliphatic heterocycles. The molecule has 86 valence electrons. The van der Waals surface area contributed by atoms with Gasteiger partial charge in [-0.15, -0.1) is 11.3 Å². The molecule has 2 aromatic heterocycles. The van der Waals surface area contributed by atoms with Gasteiger partial charge < -0.3 is 11.1 Å². The minimum absolute atomic E-state index is 0.335. The lowest BCUT2D eigenvalue weighted by Crippen LogP contribution is -2.12. The maximum atomic E-state index is 5.67. The maximum absolute atomic E-state index is 5.67. The third kappa shape index (κ3) is 2.24. The van der Waals surface area contributed by atoms with Gasteiger partial charge in [0.25, 0.3) is 0 Å². The molecule has 2 aromatic rings. The van der Waals surface area contributed by atoms with Gasteiger partial charge >= 0.3 is 0 Å². The molecule has 0 aromatic carbocycles. The Labute approximate surface area is 98.9 Å². The summed E-state index contributed by atoms with van der Waals surface area (Å²) in [6.07, 6.45) is 1.15. The zero-order chi connectivity index (χ0) is 11.5. The van der Waals surface area contributed by atoms with Gasteiger partial charge in [-0.3, -0.25) is 0 Å². The number of hydrogen-bond acceptors (Lipinski definition) is 5. The summed E-state index contributed by atoms with van der Waals surface area (Å²) >= 11 is 1.58. The normalized spacial score (nSPS) is 12.9. The fourth-order valence-corrected chi connectivity index (χ4v) is 2.19. The molecule has 4 nitrogen and oxygen atoms in total. The first-order valence-corrected chi connectivity index (χ1v) is 6.33. The van der Waals surface area contributed by atoms with E-state index in [0.29, 0.717) is 11.9 Å². The second kappa shape index (κ2) is 4.65. The van der Waals surface area contributed by atoms with E-state index in [-0.39, 0.29) is 0 Å². The van der Waals surface area contributed by atoms with Crippen LogP contribution in [0.4, 0.5) is 11.8 Å². The number of hydrogen-bond donors (Lipinski definition) is 2. The van der Waals surface area contributed by atoms with Gasteiger partial charge in [0, 0.05) is 6.54 Å². The highest BCUT2D eigenvalue weighted by atomic mass is 32.1. The summed E-state index contributed by atoms with van der Waals surface area (Å²) in [5.74, 6) is 1.82. The quantitative estimate of drug-likeness (QED) is 0.856. The topological polar surface area (TPSA) is 63.8 Å². The van der Waals surface area contributed by atoms with Gasteiger partial charge in [-0.1, -0.05) is 20.3 Å². The lowest BCUT2D eigenvalue weighted by atomic mass is 10.1. The minimum atomic E-state index is 0.335. The van der Waals surface area contributed by atoms with E-state index in [1.807, 2.05) is 11.4 Å². The van der Waals surface area contributed by atoms with Gasteiger partial charge in [0.1, 0.15) is 10.6 Å². The smallest absolute Gasteiger partial charge is 0.223 e. The van der Waals surface area contributed by atoms with E-state index in [4.69, 9.17) is 5.73 Å². The Hall–Kier alpha value is -1.36. The molecule has 0 saturated carbocycles. The van der Waals surface area contributed by atoms with Gasteiger partial charge in [0.15, 0.2) is 0 Å². The number of anilines is 2. The van der Waals surface area contributed by atoms with Crippen LogP contribution in [0.2, 0.25) is 0 Å². The van der Waals surface area contributed by atoms with E-state index in [2.05, 4.69) is 29.1 Å². The molecule has 0 bridgehead atoms. The molecule has 16 heavy (non-hydrogen) atoms. The Morgan fingerprint density at radius 3 is 3.06 bits per heavy atom. The van der Waals surface area contributed by atoms with Crippen LogP contribution >= 0.6 is 11.3 Å². The Morgan fingerprint density at radius 2 is 2.31 bits per heavy atom. The predicted molar refractivity (Wildman–Crippen MR) is 69.8 cm³/mol. The van der Waals surface area contributed by atoms with E-state index in [1.165, 1.54) is 0 Å². The summed E-state index contributed by atoms with van der Waals surface area (Å²) in [6.45, 7) is 5.31. The highest BCUT2D eigenvalue weighted by Crippen LogP contribution is 2.25. The number of nitrogens with zero attached hydrogens (tertiary/aromatic N) is 2. The molecule has 0 amide bonds. The van der Waals surface area contributed by atoms with Crippen LogP contribution in [0, 0.1) is 5.92 Å². The number of nitrogens with two attached hydrogens (primary N) is 1. The first-order valence-electron chi connectivity index (χ1n) is 5.45. The Kier molecular flexibility index (Phi) is 3.24. The Balaban J connectivity index is 2.25. The molecule has 5 heteroatoms. The van der Waals surface area contributed by atoms with Gasteiger partial charge in [-0.25, -0.2) is 4.98 Å². The number of thiophene rings is 1. The van der Waals surface area contributed by atoms with Gasteiger partial charge in [-0.05, 0) is 17.4 Å². The number of aromatic nitrogens is 2. The molecule has 2 heterocycles.